The Labute approximate surface area is 111 Å². The quantitative estimate of drug-likeness (QED) is 0.686. The molecule has 0 aliphatic heterocycles. The molecule has 1 aromatic rings. The molecular formula is C14H24FO2P. The van der Waals surface area contributed by atoms with Crippen LogP contribution < -0.4 is 0 Å². The zero-order valence-electron chi connectivity index (χ0n) is 12.0. The van der Waals surface area contributed by atoms with Crippen molar-refractivity contribution in [1.82, 2.24) is 0 Å². The van der Waals surface area contributed by atoms with Gasteiger partial charge in [-0.05, 0) is 22.0 Å². The van der Waals surface area contributed by atoms with E-state index in [4.69, 9.17) is 9.79 Å². The van der Waals surface area contributed by atoms with Crippen LogP contribution >= 0.6 is 8.69 Å². The van der Waals surface area contributed by atoms with Crippen LogP contribution in [0.4, 0.5) is 4.20 Å². The molecule has 0 atom stereocenters. The summed E-state index contributed by atoms with van der Waals surface area (Å²) in [6.07, 6.45) is 0. The van der Waals surface area contributed by atoms with E-state index in [1.807, 2.05) is 0 Å². The minimum Gasteiger partial charge on any atom is -0.325 e. The van der Waals surface area contributed by atoms with E-state index in [2.05, 4.69) is 65.8 Å². The molecular weight excluding hydrogens is 250 g/mol. The molecule has 18 heavy (non-hydrogen) atoms. The summed E-state index contributed by atoms with van der Waals surface area (Å²) in [4.78, 5) is 14.0. The highest BCUT2D eigenvalue weighted by atomic mass is 31.2. The Bertz CT molecular complexity index is 333. The van der Waals surface area contributed by atoms with Crippen molar-refractivity contribution in [3.63, 3.8) is 0 Å². The van der Waals surface area contributed by atoms with Gasteiger partial charge in [-0.3, -0.25) is 0 Å². The highest BCUT2D eigenvalue weighted by molar-refractivity contribution is 7.38. The third-order valence-corrected chi connectivity index (χ3v) is 2.59. The molecule has 0 radical (unpaired) electrons. The van der Waals surface area contributed by atoms with Crippen LogP contribution in [-0.2, 0) is 10.8 Å². The van der Waals surface area contributed by atoms with Gasteiger partial charge in [-0.1, -0.05) is 65.8 Å². The largest absolute Gasteiger partial charge is 0.369 e. The smallest absolute Gasteiger partial charge is 0.325 e. The van der Waals surface area contributed by atoms with E-state index < -0.39 is 8.69 Å². The fraction of sp³-hybridized carbons (Fsp3) is 0.571. The van der Waals surface area contributed by atoms with Crippen LogP contribution in [0.1, 0.15) is 52.7 Å². The monoisotopic (exact) mass is 274 g/mol. The molecule has 2 N–H and O–H groups in total. The summed E-state index contributed by atoms with van der Waals surface area (Å²) in [5, 5.41) is 0. The zero-order valence-corrected chi connectivity index (χ0v) is 12.9. The summed E-state index contributed by atoms with van der Waals surface area (Å²) >= 11 is 0. The van der Waals surface area contributed by atoms with E-state index in [0.29, 0.717) is 0 Å². The van der Waals surface area contributed by atoms with Crippen LogP contribution in [0.3, 0.4) is 0 Å². The molecule has 0 unspecified atom stereocenters. The number of hydrogen-bond acceptors (Lipinski definition) is 2. The lowest BCUT2D eigenvalue weighted by Crippen LogP contribution is -2.15. The standard InChI is InChI=1S/C14H22.FH2O2P/c1-13(2,3)11-8-7-9-12(10-11)14(4,5)6;1-4(2)3/h7-10H,1-6H3;2-3H. The molecule has 0 fully saturated rings. The molecule has 2 nitrogen and oxygen atoms in total. The lowest BCUT2D eigenvalue weighted by Gasteiger charge is -2.24. The topological polar surface area (TPSA) is 40.5 Å². The first-order chi connectivity index (χ1) is 7.94. The number of hydrogen-bond donors (Lipinski definition) is 2. The predicted molar refractivity (Wildman–Crippen MR) is 76.3 cm³/mol. The van der Waals surface area contributed by atoms with Gasteiger partial charge in [-0.2, -0.15) is 4.20 Å². The maximum atomic E-state index is 10.2. The van der Waals surface area contributed by atoms with Crippen molar-refractivity contribution in [2.75, 3.05) is 0 Å². The second kappa shape index (κ2) is 6.60. The first-order valence-corrected chi connectivity index (χ1v) is 7.03. The van der Waals surface area contributed by atoms with E-state index in [0.717, 1.165) is 0 Å². The second-order valence-corrected chi connectivity index (χ2v) is 6.80. The first-order valence-electron chi connectivity index (χ1n) is 5.89. The fourth-order valence-corrected chi connectivity index (χ4v) is 1.45. The molecule has 4 heteroatoms. The molecule has 0 heterocycles. The van der Waals surface area contributed by atoms with Gasteiger partial charge in [0, 0.05) is 0 Å². The highest BCUT2D eigenvalue weighted by Crippen LogP contribution is 2.28. The van der Waals surface area contributed by atoms with Crippen molar-refractivity contribution in [2.45, 2.75) is 52.4 Å². The molecule has 104 valence electrons. The third kappa shape index (κ3) is 7.05. The first kappa shape index (κ1) is 17.5. The molecule has 0 aliphatic rings. The average molecular weight is 274 g/mol. The third-order valence-electron chi connectivity index (χ3n) is 2.59. The lowest BCUT2D eigenvalue weighted by molar-refractivity contribution is 0.428. The van der Waals surface area contributed by atoms with E-state index >= 15 is 0 Å². The van der Waals surface area contributed by atoms with Gasteiger partial charge in [0.1, 0.15) is 0 Å². The molecule has 0 aliphatic carbocycles. The van der Waals surface area contributed by atoms with Gasteiger partial charge in [0.25, 0.3) is 0 Å². The van der Waals surface area contributed by atoms with Crippen LogP contribution in [0.25, 0.3) is 0 Å². The zero-order chi connectivity index (χ0) is 14.6. The van der Waals surface area contributed by atoms with Crippen molar-refractivity contribution in [3.8, 4) is 0 Å². The number of halogens is 1. The Morgan fingerprint density at radius 2 is 1.17 bits per heavy atom. The maximum absolute atomic E-state index is 10.2. The number of benzene rings is 1. The maximum Gasteiger partial charge on any atom is 0.369 e. The molecule has 0 saturated carbocycles. The molecule has 1 rings (SSSR count). The predicted octanol–water partition coefficient (Wildman–Crippen LogP) is 4.45. The fourth-order valence-electron chi connectivity index (χ4n) is 1.45. The van der Waals surface area contributed by atoms with Crippen LogP contribution in [0.15, 0.2) is 24.3 Å². The lowest BCUT2D eigenvalue weighted by atomic mass is 9.81. The van der Waals surface area contributed by atoms with Crippen LogP contribution in [0, 0.1) is 0 Å². The Hall–Kier alpha value is -0.500. The minimum absolute atomic E-state index is 0.251. The summed E-state index contributed by atoms with van der Waals surface area (Å²) in [6.45, 7) is 13.6. The van der Waals surface area contributed by atoms with E-state index in [1.165, 1.54) is 11.1 Å². The van der Waals surface area contributed by atoms with Gasteiger partial charge in [0.2, 0.25) is 0 Å². The van der Waals surface area contributed by atoms with Crippen molar-refractivity contribution in [3.05, 3.63) is 35.4 Å². The number of rotatable bonds is 0. The van der Waals surface area contributed by atoms with E-state index in [1.54, 1.807) is 0 Å². The molecule has 0 saturated heterocycles. The van der Waals surface area contributed by atoms with Gasteiger partial charge < -0.3 is 9.79 Å². The molecule has 0 bridgehead atoms. The summed E-state index contributed by atoms with van der Waals surface area (Å²) in [7, 11) is -3.12. The van der Waals surface area contributed by atoms with Crippen molar-refractivity contribution < 1.29 is 14.0 Å². The van der Waals surface area contributed by atoms with E-state index in [9.17, 15) is 4.20 Å². The average Bonchev–Trinajstić information content (AvgIpc) is 2.14. The van der Waals surface area contributed by atoms with Crippen LogP contribution in [-0.4, -0.2) is 9.79 Å². The Balaban J connectivity index is 0.000000631. The SMILES string of the molecule is CC(C)(C)c1cccc(C(C)(C)C)c1.OP(O)F. The van der Waals surface area contributed by atoms with Gasteiger partial charge in [-0.15, -0.1) is 0 Å². The molecule has 0 amide bonds. The van der Waals surface area contributed by atoms with E-state index in [-0.39, 0.29) is 10.8 Å². The Morgan fingerprint density at radius 3 is 1.39 bits per heavy atom. The molecule has 0 aromatic heterocycles. The Morgan fingerprint density at radius 1 is 0.889 bits per heavy atom. The van der Waals surface area contributed by atoms with Crippen molar-refractivity contribution in [1.29, 1.82) is 0 Å². The van der Waals surface area contributed by atoms with Gasteiger partial charge >= 0.3 is 8.69 Å². The van der Waals surface area contributed by atoms with Crippen molar-refractivity contribution >= 4 is 8.69 Å². The summed E-state index contributed by atoms with van der Waals surface area (Å²) in [6, 6.07) is 8.94. The van der Waals surface area contributed by atoms with Crippen molar-refractivity contribution in [2.24, 2.45) is 0 Å². The summed E-state index contributed by atoms with van der Waals surface area (Å²) < 4.78 is 10.2. The van der Waals surface area contributed by atoms with Gasteiger partial charge in [-0.25, -0.2) is 0 Å². The summed E-state index contributed by atoms with van der Waals surface area (Å²) in [5.74, 6) is 0. The molecule has 0 spiro atoms. The second-order valence-electron chi connectivity index (χ2n) is 6.32. The van der Waals surface area contributed by atoms with Crippen LogP contribution in [0.2, 0.25) is 0 Å². The molecule has 1 aromatic carbocycles. The Kier molecular flexibility index (Phi) is 6.42. The van der Waals surface area contributed by atoms with Gasteiger partial charge in [0.05, 0.1) is 0 Å². The highest BCUT2D eigenvalue weighted by Gasteiger charge is 2.18. The van der Waals surface area contributed by atoms with Crippen LogP contribution in [0.5, 0.6) is 0 Å². The van der Waals surface area contributed by atoms with Gasteiger partial charge in [0.15, 0.2) is 0 Å². The summed E-state index contributed by atoms with van der Waals surface area (Å²) in [5.41, 5.74) is 3.34. The minimum atomic E-state index is -3.12. The normalized spacial score (nSPS) is 12.1.